The smallest absolute Gasteiger partial charge is 0.334 e. The Morgan fingerprint density at radius 2 is 2.08 bits per heavy atom. The van der Waals surface area contributed by atoms with Crippen molar-refractivity contribution >= 4 is 17.7 Å². The number of hydrogen-bond donors (Lipinski definition) is 1. The lowest BCUT2D eigenvalue weighted by molar-refractivity contribution is -0.158. The van der Waals surface area contributed by atoms with E-state index in [4.69, 9.17) is 9.47 Å². The highest BCUT2D eigenvalue weighted by Crippen LogP contribution is 2.37. The minimum atomic E-state index is -1.40. The van der Waals surface area contributed by atoms with E-state index in [1.807, 2.05) is 0 Å². The van der Waals surface area contributed by atoms with Crippen LogP contribution in [0.2, 0.25) is 0 Å². The topological polar surface area (TPSA) is 89.9 Å². The van der Waals surface area contributed by atoms with E-state index in [1.54, 1.807) is 26.8 Å². The van der Waals surface area contributed by atoms with Gasteiger partial charge in [-0.05, 0) is 37.6 Å². The van der Waals surface area contributed by atoms with Gasteiger partial charge in [0.05, 0.1) is 17.4 Å². The zero-order chi connectivity index (χ0) is 18.9. The lowest BCUT2D eigenvalue weighted by Gasteiger charge is -2.32. The molecular weight excluding hydrogens is 324 g/mol. The first kappa shape index (κ1) is 19.1. The third kappa shape index (κ3) is 4.25. The highest BCUT2D eigenvalue weighted by Gasteiger charge is 2.46. The Hall–Kier alpha value is -2.21. The maximum absolute atomic E-state index is 12.1. The molecular formula is C19H24O6. The van der Waals surface area contributed by atoms with Gasteiger partial charge in [-0.15, -0.1) is 0 Å². The molecule has 1 saturated heterocycles. The van der Waals surface area contributed by atoms with Crippen LogP contribution in [0.25, 0.3) is 0 Å². The van der Waals surface area contributed by atoms with Gasteiger partial charge in [0.2, 0.25) is 0 Å². The van der Waals surface area contributed by atoms with Crippen LogP contribution in [0.5, 0.6) is 0 Å². The van der Waals surface area contributed by atoms with Crippen LogP contribution in [0.1, 0.15) is 34.1 Å². The van der Waals surface area contributed by atoms with Crippen LogP contribution in [-0.2, 0) is 23.9 Å². The number of rotatable bonds is 2. The third-order valence-corrected chi connectivity index (χ3v) is 4.41. The fourth-order valence-corrected chi connectivity index (χ4v) is 2.90. The second kappa shape index (κ2) is 6.96. The Bertz CT molecular complexity index is 667. The van der Waals surface area contributed by atoms with Crippen LogP contribution in [0, 0.1) is 11.8 Å². The molecule has 0 aromatic heterocycles. The van der Waals surface area contributed by atoms with E-state index < -0.39 is 35.7 Å². The van der Waals surface area contributed by atoms with Crippen LogP contribution in [0.15, 0.2) is 36.0 Å². The molecule has 0 amide bonds. The van der Waals surface area contributed by atoms with Gasteiger partial charge in [-0.2, -0.15) is 0 Å². The summed E-state index contributed by atoms with van der Waals surface area (Å²) in [5.41, 5.74) is -0.852. The Kier molecular flexibility index (Phi) is 5.32. The van der Waals surface area contributed by atoms with Gasteiger partial charge >= 0.3 is 11.9 Å². The predicted octanol–water partition coefficient (Wildman–Crippen LogP) is 1.88. The average molecular weight is 348 g/mol. The molecule has 0 saturated carbocycles. The van der Waals surface area contributed by atoms with Crippen molar-refractivity contribution in [3.8, 4) is 0 Å². The van der Waals surface area contributed by atoms with Crippen molar-refractivity contribution in [2.24, 2.45) is 11.8 Å². The standard InChI is InChI=1S/C19H24O6/c1-10(2)17(21)25-15-9-19(5,23)7-6-13(20)11(3)8-14-16(15)12(4)18(22)24-14/h6-8,10,14-16,23H,4,9H2,1-3,5H3/b7-6+,11-8+/t14-,15-,16+,19+/m1/s1. The summed E-state index contributed by atoms with van der Waals surface area (Å²) in [5, 5.41) is 10.6. The monoisotopic (exact) mass is 348 g/mol. The summed E-state index contributed by atoms with van der Waals surface area (Å²) in [5.74, 6) is -2.34. The molecule has 6 heteroatoms. The Balaban J connectivity index is 2.49. The summed E-state index contributed by atoms with van der Waals surface area (Å²) in [4.78, 5) is 36.2. The number of aliphatic hydroxyl groups is 1. The highest BCUT2D eigenvalue weighted by atomic mass is 16.6. The van der Waals surface area contributed by atoms with Crippen LogP contribution in [0.3, 0.4) is 0 Å². The summed E-state index contributed by atoms with van der Waals surface area (Å²) in [6.07, 6.45) is 2.64. The molecule has 136 valence electrons. The molecule has 0 aromatic carbocycles. The van der Waals surface area contributed by atoms with Crippen LogP contribution >= 0.6 is 0 Å². The van der Waals surface area contributed by atoms with E-state index in [-0.39, 0.29) is 23.7 Å². The van der Waals surface area contributed by atoms with Gasteiger partial charge in [0, 0.05) is 12.0 Å². The number of carbonyl (C=O) groups is 3. The molecule has 6 nitrogen and oxygen atoms in total. The first-order valence-electron chi connectivity index (χ1n) is 8.26. The molecule has 0 unspecified atom stereocenters. The molecule has 1 N–H and O–H groups in total. The number of fused-ring (bicyclic) bond motifs is 1. The van der Waals surface area contributed by atoms with Gasteiger partial charge in [0.1, 0.15) is 12.2 Å². The van der Waals surface area contributed by atoms with Gasteiger partial charge in [-0.1, -0.05) is 20.4 Å². The number of carbonyl (C=O) groups excluding carboxylic acids is 3. The van der Waals surface area contributed by atoms with Crippen LogP contribution in [0.4, 0.5) is 0 Å². The molecule has 4 atom stereocenters. The molecule has 0 bridgehead atoms. The van der Waals surface area contributed by atoms with Crippen molar-refractivity contribution in [1.82, 2.24) is 0 Å². The highest BCUT2D eigenvalue weighted by molar-refractivity contribution is 6.03. The third-order valence-electron chi connectivity index (χ3n) is 4.41. The predicted molar refractivity (Wildman–Crippen MR) is 90.4 cm³/mol. The van der Waals surface area contributed by atoms with Crippen molar-refractivity contribution in [1.29, 1.82) is 0 Å². The van der Waals surface area contributed by atoms with E-state index >= 15 is 0 Å². The first-order valence-corrected chi connectivity index (χ1v) is 8.26. The Morgan fingerprint density at radius 1 is 1.44 bits per heavy atom. The van der Waals surface area contributed by atoms with Crippen molar-refractivity contribution < 1.29 is 29.0 Å². The number of esters is 2. The molecule has 0 aromatic rings. The fourth-order valence-electron chi connectivity index (χ4n) is 2.90. The van der Waals surface area contributed by atoms with Crippen LogP contribution in [-0.4, -0.2) is 40.6 Å². The van der Waals surface area contributed by atoms with Crippen molar-refractivity contribution in [3.05, 3.63) is 36.0 Å². The molecule has 1 heterocycles. The molecule has 2 rings (SSSR count). The summed E-state index contributed by atoms with van der Waals surface area (Å²) >= 11 is 0. The molecule has 1 aliphatic carbocycles. The summed E-state index contributed by atoms with van der Waals surface area (Å²) in [6, 6.07) is 0. The van der Waals surface area contributed by atoms with Gasteiger partial charge < -0.3 is 14.6 Å². The minimum Gasteiger partial charge on any atom is -0.461 e. The van der Waals surface area contributed by atoms with Crippen LogP contribution < -0.4 is 0 Å². The summed E-state index contributed by atoms with van der Waals surface area (Å²) < 4.78 is 10.9. The lowest BCUT2D eigenvalue weighted by Crippen LogP contribution is -2.40. The number of allylic oxidation sites excluding steroid dienone is 2. The van der Waals surface area contributed by atoms with E-state index in [1.165, 1.54) is 19.1 Å². The van der Waals surface area contributed by atoms with Crippen molar-refractivity contribution in [2.75, 3.05) is 0 Å². The van der Waals surface area contributed by atoms with Gasteiger partial charge in [-0.25, -0.2) is 4.79 Å². The minimum absolute atomic E-state index is 0.0129. The Morgan fingerprint density at radius 3 is 2.68 bits per heavy atom. The normalized spacial score (nSPS) is 36.3. The quantitative estimate of drug-likeness (QED) is 0.605. The molecule has 25 heavy (non-hydrogen) atoms. The number of ketones is 1. The zero-order valence-electron chi connectivity index (χ0n) is 14.9. The van der Waals surface area contributed by atoms with E-state index in [2.05, 4.69) is 6.58 Å². The maximum atomic E-state index is 12.1. The van der Waals surface area contributed by atoms with E-state index in [0.717, 1.165) is 0 Å². The van der Waals surface area contributed by atoms with Crippen molar-refractivity contribution in [3.63, 3.8) is 0 Å². The zero-order valence-corrected chi connectivity index (χ0v) is 14.9. The van der Waals surface area contributed by atoms with Gasteiger partial charge in [-0.3, -0.25) is 9.59 Å². The van der Waals surface area contributed by atoms with Crippen molar-refractivity contribution in [2.45, 2.75) is 51.9 Å². The molecule has 2 aliphatic rings. The number of hydrogen-bond acceptors (Lipinski definition) is 6. The second-order valence-electron chi connectivity index (χ2n) is 7.16. The van der Waals surface area contributed by atoms with E-state index in [0.29, 0.717) is 5.57 Å². The van der Waals surface area contributed by atoms with Gasteiger partial charge in [0.15, 0.2) is 5.78 Å². The molecule has 1 aliphatic heterocycles. The molecule has 0 radical (unpaired) electrons. The Labute approximate surface area is 147 Å². The molecule has 1 fully saturated rings. The first-order chi connectivity index (χ1) is 11.5. The lowest BCUT2D eigenvalue weighted by atomic mass is 9.82. The molecule has 0 spiro atoms. The average Bonchev–Trinajstić information content (AvgIpc) is 2.77. The maximum Gasteiger partial charge on any atom is 0.334 e. The largest absolute Gasteiger partial charge is 0.461 e. The fraction of sp³-hybridized carbons (Fsp3) is 0.526. The SMILES string of the molecule is C=C1C(=O)O[C@@H]2/C=C(\C)C(=O)/C=C/[C@](C)(O)C[C@@H](OC(=O)C(C)C)[C@@H]12. The summed E-state index contributed by atoms with van der Waals surface area (Å²) in [7, 11) is 0. The van der Waals surface area contributed by atoms with Gasteiger partial charge in [0.25, 0.3) is 0 Å². The van der Waals surface area contributed by atoms with E-state index in [9.17, 15) is 19.5 Å². The second-order valence-corrected chi connectivity index (χ2v) is 7.16. The summed E-state index contributed by atoms with van der Waals surface area (Å²) in [6.45, 7) is 10.3. The number of ether oxygens (including phenoxy) is 2.